The van der Waals surface area contributed by atoms with E-state index in [4.69, 9.17) is 0 Å². The number of aliphatic hydroxyl groups is 1. The lowest BCUT2D eigenvalue weighted by Gasteiger charge is -2.44. The highest BCUT2D eigenvalue weighted by atomic mass is 16.3. The molecule has 1 saturated heterocycles. The Bertz CT molecular complexity index is 721. The first-order chi connectivity index (χ1) is 11.6. The molecule has 24 heavy (non-hydrogen) atoms. The highest BCUT2D eigenvalue weighted by Gasteiger charge is 2.35. The van der Waals surface area contributed by atoms with Gasteiger partial charge in [0.25, 0.3) is 0 Å². The number of nitrogens with zero attached hydrogens (tertiary/aromatic N) is 3. The normalized spacial score (nSPS) is 19.4. The van der Waals surface area contributed by atoms with E-state index in [0.29, 0.717) is 5.95 Å². The summed E-state index contributed by atoms with van der Waals surface area (Å²) < 4.78 is 0. The van der Waals surface area contributed by atoms with Crippen molar-refractivity contribution in [2.24, 2.45) is 0 Å². The predicted molar refractivity (Wildman–Crippen MR) is 93.1 cm³/mol. The fraction of sp³-hybridized carbons (Fsp3) is 0.444. The first-order valence-corrected chi connectivity index (χ1v) is 8.44. The first kappa shape index (κ1) is 15.5. The minimum absolute atomic E-state index is 0.514. The maximum atomic E-state index is 9.78. The minimum atomic E-state index is -0.514. The monoisotopic (exact) mass is 325 g/mol. The fourth-order valence-electron chi connectivity index (χ4n) is 3.40. The molecule has 3 N–H and O–H groups in total. The Balaban J connectivity index is 1.38. The van der Waals surface area contributed by atoms with Gasteiger partial charge in [-0.1, -0.05) is 12.1 Å². The molecule has 2 aliphatic rings. The molecule has 2 aliphatic heterocycles. The molecule has 0 spiro atoms. The van der Waals surface area contributed by atoms with Crippen molar-refractivity contribution in [2.45, 2.75) is 32.0 Å². The van der Waals surface area contributed by atoms with Crippen LogP contribution in [0.2, 0.25) is 0 Å². The van der Waals surface area contributed by atoms with Crippen LogP contribution >= 0.6 is 0 Å². The number of likely N-dealkylation sites (tertiary alicyclic amines) is 1. The van der Waals surface area contributed by atoms with Crippen LogP contribution in [0.4, 0.5) is 11.6 Å². The lowest BCUT2D eigenvalue weighted by atomic mass is 9.96. The topological polar surface area (TPSA) is 73.3 Å². The van der Waals surface area contributed by atoms with E-state index < -0.39 is 5.60 Å². The van der Waals surface area contributed by atoms with Crippen molar-refractivity contribution in [3.05, 3.63) is 47.3 Å². The van der Waals surface area contributed by atoms with Gasteiger partial charge >= 0.3 is 0 Å². The summed E-state index contributed by atoms with van der Waals surface area (Å²) in [5.74, 6) is 0.643. The molecule has 0 amide bonds. The molecule has 6 heteroatoms. The number of aromatic nitrogens is 2. The summed E-state index contributed by atoms with van der Waals surface area (Å²) in [5.41, 5.74) is 4.03. The summed E-state index contributed by atoms with van der Waals surface area (Å²) in [6.07, 6.45) is 2.92. The van der Waals surface area contributed by atoms with E-state index >= 15 is 0 Å². The van der Waals surface area contributed by atoms with E-state index in [1.165, 1.54) is 11.1 Å². The highest BCUT2D eigenvalue weighted by Crippen LogP contribution is 2.23. The maximum absolute atomic E-state index is 9.78. The summed E-state index contributed by atoms with van der Waals surface area (Å²) in [7, 11) is 0. The Hall–Kier alpha value is -2.02. The van der Waals surface area contributed by atoms with Gasteiger partial charge in [-0.3, -0.25) is 4.90 Å². The van der Waals surface area contributed by atoms with E-state index in [1.54, 1.807) is 0 Å². The Morgan fingerprint density at radius 2 is 2.08 bits per heavy atom. The average Bonchev–Trinajstić information content (AvgIpc) is 2.55. The molecule has 1 fully saturated rings. The van der Waals surface area contributed by atoms with Crippen molar-refractivity contribution in [1.82, 2.24) is 20.2 Å². The van der Waals surface area contributed by atoms with Crippen LogP contribution in [0.25, 0.3) is 0 Å². The number of hydrogen-bond donors (Lipinski definition) is 3. The molecule has 4 rings (SSSR count). The maximum Gasteiger partial charge on any atom is 0.227 e. The summed E-state index contributed by atoms with van der Waals surface area (Å²) in [4.78, 5) is 11.2. The third-order valence-corrected chi connectivity index (χ3v) is 4.56. The quantitative estimate of drug-likeness (QED) is 0.790. The van der Waals surface area contributed by atoms with E-state index in [9.17, 15) is 5.11 Å². The van der Waals surface area contributed by atoms with Gasteiger partial charge in [0.05, 0.1) is 11.3 Å². The van der Waals surface area contributed by atoms with Gasteiger partial charge in [0.15, 0.2) is 0 Å². The van der Waals surface area contributed by atoms with E-state index in [0.717, 1.165) is 50.5 Å². The van der Waals surface area contributed by atoms with Crippen LogP contribution in [0.3, 0.4) is 0 Å². The highest BCUT2D eigenvalue weighted by molar-refractivity contribution is 5.54. The largest absolute Gasteiger partial charge is 0.388 e. The molecule has 0 atom stereocenters. The molecule has 2 aromatic rings. The van der Waals surface area contributed by atoms with Crippen LogP contribution in [0.5, 0.6) is 0 Å². The van der Waals surface area contributed by atoms with Crippen LogP contribution in [0.15, 0.2) is 30.5 Å². The van der Waals surface area contributed by atoms with Gasteiger partial charge in [-0.15, -0.1) is 0 Å². The minimum Gasteiger partial charge on any atom is -0.388 e. The number of nitrogens with one attached hydrogen (secondary N) is 2. The molecule has 3 heterocycles. The second-order valence-corrected chi connectivity index (χ2v) is 7.06. The Kier molecular flexibility index (Phi) is 3.96. The van der Waals surface area contributed by atoms with Crippen LogP contribution in [0, 0.1) is 0 Å². The molecule has 0 aliphatic carbocycles. The van der Waals surface area contributed by atoms with Gasteiger partial charge in [0.2, 0.25) is 5.95 Å². The zero-order valence-electron chi connectivity index (χ0n) is 13.9. The van der Waals surface area contributed by atoms with Crippen molar-refractivity contribution in [2.75, 3.05) is 25.0 Å². The number of anilines is 2. The number of rotatable bonds is 4. The number of hydrogen-bond acceptors (Lipinski definition) is 6. The Morgan fingerprint density at radius 1 is 1.29 bits per heavy atom. The van der Waals surface area contributed by atoms with Crippen LogP contribution in [-0.4, -0.2) is 45.2 Å². The van der Waals surface area contributed by atoms with E-state index in [2.05, 4.69) is 37.6 Å². The predicted octanol–water partition coefficient (Wildman–Crippen LogP) is 1.43. The zero-order valence-corrected chi connectivity index (χ0v) is 13.9. The smallest absolute Gasteiger partial charge is 0.227 e. The van der Waals surface area contributed by atoms with E-state index in [1.807, 2.05) is 25.3 Å². The van der Waals surface area contributed by atoms with Crippen molar-refractivity contribution >= 4 is 11.6 Å². The van der Waals surface area contributed by atoms with Crippen molar-refractivity contribution < 1.29 is 5.11 Å². The van der Waals surface area contributed by atoms with Gasteiger partial charge in [0.1, 0.15) is 0 Å². The third kappa shape index (κ3) is 3.40. The van der Waals surface area contributed by atoms with Crippen molar-refractivity contribution in [3.63, 3.8) is 0 Å². The lowest BCUT2D eigenvalue weighted by molar-refractivity contribution is -0.0871. The SMILES string of the molecule is CC1(O)CN(Cc2ccc(Nc3ncc4c(n3)CNCC4)cc2)C1. The van der Waals surface area contributed by atoms with Crippen molar-refractivity contribution in [1.29, 1.82) is 0 Å². The first-order valence-electron chi connectivity index (χ1n) is 8.44. The molecule has 0 bridgehead atoms. The zero-order chi connectivity index (χ0) is 16.6. The molecule has 0 saturated carbocycles. The number of β-amino-alcohol motifs (C(OH)–C–C–N with tert-alkyl or cyclic N) is 1. The van der Waals surface area contributed by atoms with Gasteiger partial charge in [-0.05, 0) is 43.1 Å². The summed E-state index contributed by atoms with van der Waals surface area (Å²) in [6, 6.07) is 8.31. The van der Waals surface area contributed by atoms with Gasteiger partial charge < -0.3 is 15.7 Å². The van der Waals surface area contributed by atoms with Gasteiger partial charge in [0, 0.05) is 38.1 Å². The number of benzene rings is 1. The number of fused-ring (bicyclic) bond motifs is 1. The second kappa shape index (κ2) is 6.12. The third-order valence-electron chi connectivity index (χ3n) is 4.56. The molecule has 0 radical (unpaired) electrons. The van der Waals surface area contributed by atoms with Crippen LogP contribution in [0.1, 0.15) is 23.7 Å². The van der Waals surface area contributed by atoms with Gasteiger partial charge in [-0.25, -0.2) is 9.97 Å². The van der Waals surface area contributed by atoms with Crippen molar-refractivity contribution in [3.8, 4) is 0 Å². The molecular formula is C18H23N5O. The van der Waals surface area contributed by atoms with Gasteiger partial charge in [-0.2, -0.15) is 0 Å². The molecule has 126 valence electrons. The lowest BCUT2D eigenvalue weighted by Crippen LogP contribution is -2.59. The summed E-state index contributed by atoms with van der Waals surface area (Å²) in [5, 5.41) is 16.4. The summed E-state index contributed by atoms with van der Waals surface area (Å²) in [6.45, 7) is 6.04. The van der Waals surface area contributed by atoms with Crippen LogP contribution < -0.4 is 10.6 Å². The van der Waals surface area contributed by atoms with Crippen LogP contribution in [-0.2, 0) is 19.5 Å². The molecule has 0 unspecified atom stereocenters. The Labute approximate surface area is 141 Å². The fourth-order valence-corrected chi connectivity index (χ4v) is 3.40. The molecule has 1 aromatic heterocycles. The van der Waals surface area contributed by atoms with E-state index in [-0.39, 0.29) is 0 Å². The molecule has 6 nitrogen and oxygen atoms in total. The average molecular weight is 325 g/mol. The standard InChI is InChI=1S/C18H23N5O/c1-18(24)11-23(12-18)10-13-2-4-15(5-3-13)21-17-20-8-14-6-7-19-9-16(14)22-17/h2-5,8,19,24H,6-7,9-12H2,1H3,(H,20,21,22). The molecule has 1 aromatic carbocycles. The second-order valence-electron chi connectivity index (χ2n) is 7.06. The Morgan fingerprint density at radius 3 is 2.83 bits per heavy atom. The molecular weight excluding hydrogens is 302 g/mol. The summed E-state index contributed by atoms with van der Waals surface area (Å²) >= 11 is 0.